The van der Waals surface area contributed by atoms with Crippen molar-refractivity contribution in [3.05, 3.63) is 52.9 Å². The molecule has 3 aromatic heterocycles. The van der Waals surface area contributed by atoms with Gasteiger partial charge in [-0.15, -0.1) is 11.3 Å². The quantitative estimate of drug-likeness (QED) is 0.456. The number of hydrogen-bond acceptors (Lipinski definition) is 6. The van der Waals surface area contributed by atoms with Crippen LogP contribution in [-0.2, 0) is 5.75 Å². The van der Waals surface area contributed by atoms with Gasteiger partial charge in [0.2, 0.25) is 0 Å². The van der Waals surface area contributed by atoms with Crippen LogP contribution >= 0.6 is 34.7 Å². The molecule has 7 heteroatoms. The van der Waals surface area contributed by atoms with E-state index < -0.39 is 0 Å². The van der Waals surface area contributed by atoms with Crippen LogP contribution in [0, 0.1) is 0 Å². The molecule has 0 unspecified atom stereocenters. The van der Waals surface area contributed by atoms with E-state index in [1.807, 2.05) is 17.5 Å². The van der Waals surface area contributed by atoms with Crippen molar-refractivity contribution in [2.45, 2.75) is 11.0 Å². The molecule has 0 spiro atoms. The number of halogens is 1. The van der Waals surface area contributed by atoms with Crippen LogP contribution < -0.4 is 0 Å². The number of benzene rings is 1. The van der Waals surface area contributed by atoms with Crippen molar-refractivity contribution in [3.63, 3.8) is 0 Å². The lowest BCUT2D eigenvalue weighted by Crippen LogP contribution is -1.81. The lowest BCUT2D eigenvalue weighted by Gasteiger charge is -1.92. The number of fused-ring (bicyclic) bond motifs is 1. The van der Waals surface area contributed by atoms with Crippen molar-refractivity contribution in [1.82, 2.24) is 9.97 Å². The molecular weight excluding hydrogens is 340 g/mol. The lowest BCUT2D eigenvalue weighted by atomic mass is 10.3. The molecule has 4 aromatic rings. The summed E-state index contributed by atoms with van der Waals surface area (Å²) in [5.74, 6) is 0.703. The Kier molecular flexibility index (Phi) is 3.65. The van der Waals surface area contributed by atoms with Gasteiger partial charge in [0.15, 0.2) is 5.58 Å². The number of aromatic nitrogens is 2. The Morgan fingerprint density at radius 1 is 1.23 bits per heavy atom. The first-order valence-electron chi connectivity index (χ1n) is 6.44. The van der Waals surface area contributed by atoms with Gasteiger partial charge in [-0.3, -0.25) is 0 Å². The van der Waals surface area contributed by atoms with Crippen molar-refractivity contribution >= 4 is 45.8 Å². The van der Waals surface area contributed by atoms with Crippen molar-refractivity contribution in [3.8, 4) is 10.6 Å². The van der Waals surface area contributed by atoms with E-state index in [1.54, 1.807) is 36.0 Å². The molecule has 1 aromatic carbocycles. The smallest absolute Gasteiger partial charge is 0.257 e. The van der Waals surface area contributed by atoms with Crippen LogP contribution in [0.25, 0.3) is 21.7 Å². The molecule has 3 heterocycles. The third-order valence-electron chi connectivity index (χ3n) is 2.99. The van der Waals surface area contributed by atoms with E-state index in [0.717, 1.165) is 27.4 Å². The monoisotopic (exact) mass is 348 g/mol. The predicted octanol–water partition coefficient (Wildman–Crippen LogP) is 5.49. The molecule has 0 aliphatic carbocycles. The minimum atomic E-state index is 0.620. The third-order valence-corrected chi connectivity index (χ3v) is 5.03. The number of rotatable bonds is 4. The second-order valence-corrected chi connectivity index (χ2v) is 6.76. The molecule has 4 rings (SSSR count). The summed E-state index contributed by atoms with van der Waals surface area (Å²) >= 11 is 9.06. The van der Waals surface area contributed by atoms with Gasteiger partial charge in [0.1, 0.15) is 16.8 Å². The highest BCUT2D eigenvalue weighted by molar-refractivity contribution is 7.98. The Bertz CT molecular complexity index is 915. The molecule has 0 aliphatic heterocycles. The topological polar surface area (TPSA) is 52.1 Å². The molecular formula is C15H9ClN2O2S2. The first kappa shape index (κ1) is 13.9. The average Bonchev–Trinajstić information content (AvgIpc) is 3.24. The Balaban J connectivity index is 1.49. The molecule has 0 saturated carbocycles. The van der Waals surface area contributed by atoms with E-state index in [4.69, 9.17) is 20.4 Å². The van der Waals surface area contributed by atoms with Crippen molar-refractivity contribution < 1.29 is 8.83 Å². The number of thioether (sulfide) groups is 1. The summed E-state index contributed by atoms with van der Waals surface area (Å²) in [6.07, 6.45) is 3.34. The number of oxazole rings is 1. The van der Waals surface area contributed by atoms with Crippen LogP contribution in [0.4, 0.5) is 0 Å². The molecule has 0 bridgehead atoms. The summed E-state index contributed by atoms with van der Waals surface area (Å²) in [5.41, 5.74) is 3.50. The Morgan fingerprint density at radius 2 is 2.18 bits per heavy atom. The van der Waals surface area contributed by atoms with Gasteiger partial charge < -0.3 is 8.83 Å². The standard InChI is InChI=1S/C15H9ClN2O2S2/c16-10-1-2-13-12(5-10)18-15(20-13)22-8-11-7-21-14(17-11)9-3-4-19-6-9/h1-7H,8H2. The van der Waals surface area contributed by atoms with Crippen LogP contribution in [-0.4, -0.2) is 9.97 Å². The van der Waals surface area contributed by atoms with Gasteiger partial charge >= 0.3 is 0 Å². The van der Waals surface area contributed by atoms with E-state index in [0.29, 0.717) is 16.0 Å². The largest absolute Gasteiger partial charge is 0.472 e. The molecule has 0 radical (unpaired) electrons. The molecule has 4 nitrogen and oxygen atoms in total. The fourth-order valence-corrected chi connectivity index (χ4v) is 3.78. The maximum atomic E-state index is 5.95. The highest BCUT2D eigenvalue weighted by Gasteiger charge is 2.10. The summed E-state index contributed by atoms with van der Waals surface area (Å²) < 4.78 is 10.8. The molecule has 0 atom stereocenters. The maximum absolute atomic E-state index is 5.95. The van der Waals surface area contributed by atoms with Gasteiger partial charge in [0.25, 0.3) is 5.22 Å². The van der Waals surface area contributed by atoms with E-state index in [9.17, 15) is 0 Å². The minimum Gasteiger partial charge on any atom is -0.472 e. The van der Waals surface area contributed by atoms with E-state index >= 15 is 0 Å². The fourth-order valence-electron chi connectivity index (χ4n) is 1.97. The Labute approximate surface area is 139 Å². The molecule has 0 aliphatic rings. The predicted molar refractivity (Wildman–Crippen MR) is 88.4 cm³/mol. The first-order valence-corrected chi connectivity index (χ1v) is 8.68. The molecule has 0 N–H and O–H groups in total. The summed E-state index contributed by atoms with van der Waals surface area (Å²) in [5, 5.41) is 4.26. The van der Waals surface area contributed by atoms with Gasteiger partial charge in [0.05, 0.1) is 12.0 Å². The van der Waals surface area contributed by atoms with Gasteiger partial charge in [-0.25, -0.2) is 9.97 Å². The molecule has 0 amide bonds. The highest BCUT2D eigenvalue weighted by Crippen LogP contribution is 2.30. The maximum Gasteiger partial charge on any atom is 0.257 e. The molecule has 110 valence electrons. The number of nitrogens with zero attached hydrogens (tertiary/aromatic N) is 2. The van der Waals surface area contributed by atoms with Crippen molar-refractivity contribution in [2.24, 2.45) is 0 Å². The van der Waals surface area contributed by atoms with E-state index in [1.165, 1.54) is 11.8 Å². The van der Waals surface area contributed by atoms with Crippen molar-refractivity contribution in [1.29, 1.82) is 0 Å². The summed E-state index contributed by atoms with van der Waals surface area (Å²) in [7, 11) is 0. The Hall–Kier alpha value is -1.76. The molecule has 22 heavy (non-hydrogen) atoms. The van der Waals surface area contributed by atoms with Crippen LogP contribution in [0.1, 0.15) is 5.69 Å². The Morgan fingerprint density at radius 3 is 3.05 bits per heavy atom. The van der Waals surface area contributed by atoms with E-state index in [-0.39, 0.29) is 0 Å². The number of hydrogen-bond donors (Lipinski definition) is 0. The normalized spacial score (nSPS) is 11.3. The zero-order valence-corrected chi connectivity index (χ0v) is 13.5. The SMILES string of the molecule is Clc1ccc2oc(SCc3csc(-c4ccoc4)n3)nc2c1. The second kappa shape index (κ2) is 5.79. The zero-order chi connectivity index (χ0) is 14.9. The first-order chi connectivity index (χ1) is 10.8. The van der Waals surface area contributed by atoms with Crippen LogP contribution in [0.15, 0.2) is 56.2 Å². The summed E-state index contributed by atoms with van der Waals surface area (Å²) in [6.45, 7) is 0. The van der Waals surface area contributed by atoms with Crippen LogP contribution in [0.3, 0.4) is 0 Å². The van der Waals surface area contributed by atoms with Crippen LogP contribution in [0.5, 0.6) is 0 Å². The van der Waals surface area contributed by atoms with Gasteiger partial charge in [-0.1, -0.05) is 23.4 Å². The molecule has 0 fully saturated rings. The van der Waals surface area contributed by atoms with Gasteiger partial charge in [-0.05, 0) is 24.3 Å². The van der Waals surface area contributed by atoms with E-state index in [2.05, 4.69) is 9.97 Å². The van der Waals surface area contributed by atoms with Crippen LogP contribution in [0.2, 0.25) is 5.02 Å². The highest BCUT2D eigenvalue weighted by atomic mass is 35.5. The average molecular weight is 349 g/mol. The zero-order valence-electron chi connectivity index (χ0n) is 11.2. The summed E-state index contributed by atoms with van der Waals surface area (Å²) in [6, 6.07) is 7.32. The number of furan rings is 1. The fraction of sp³-hybridized carbons (Fsp3) is 0.0667. The lowest BCUT2D eigenvalue weighted by molar-refractivity contribution is 0.489. The van der Waals surface area contributed by atoms with Gasteiger partial charge in [0, 0.05) is 21.7 Å². The third kappa shape index (κ3) is 2.77. The molecule has 0 saturated heterocycles. The second-order valence-electron chi connectivity index (χ2n) is 4.54. The minimum absolute atomic E-state index is 0.620. The number of thiazole rings is 1. The van der Waals surface area contributed by atoms with Gasteiger partial charge in [-0.2, -0.15) is 0 Å². The summed E-state index contributed by atoms with van der Waals surface area (Å²) in [4.78, 5) is 9.00. The van der Waals surface area contributed by atoms with Crippen molar-refractivity contribution in [2.75, 3.05) is 0 Å².